The molecule has 2 heterocycles. The van der Waals surface area contributed by atoms with Gasteiger partial charge in [0.25, 0.3) is 0 Å². The summed E-state index contributed by atoms with van der Waals surface area (Å²) in [5, 5.41) is 8.12. The van der Waals surface area contributed by atoms with Crippen LogP contribution in [0.15, 0.2) is 5.16 Å². The Morgan fingerprint density at radius 1 is 1.17 bits per heavy atom. The predicted octanol–water partition coefficient (Wildman–Crippen LogP) is 2.15. The van der Waals surface area contributed by atoms with Crippen molar-refractivity contribution >= 4 is 23.7 Å². The summed E-state index contributed by atoms with van der Waals surface area (Å²) >= 11 is 1.53. The number of anilines is 2. The zero-order valence-corrected chi connectivity index (χ0v) is 14.5. The lowest BCUT2D eigenvalue weighted by Gasteiger charge is -2.13. The number of nitrogens with one attached hydrogen (secondary N) is 1. The van der Waals surface area contributed by atoms with Crippen LogP contribution in [0, 0.1) is 0 Å². The number of nitrogen functional groups attached to an aromatic ring is 1. The van der Waals surface area contributed by atoms with Crippen LogP contribution < -0.4 is 10.6 Å². The molecule has 1 aliphatic carbocycles. The van der Waals surface area contributed by atoms with Crippen LogP contribution in [-0.2, 0) is 0 Å². The van der Waals surface area contributed by atoms with Crippen LogP contribution in [0.1, 0.15) is 55.4 Å². The Kier molecular flexibility index (Phi) is 4.65. The Morgan fingerprint density at radius 3 is 2.61 bits per heavy atom. The van der Waals surface area contributed by atoms with Crippen LogP contribution in [-0.4, -0.2) is 44.2 Å². The standard InChI is InChI=1S/C14H22N8S/c1-8(10-16-12(15)19-13(17-10)22(2)3)23-14-18-11(20-21-14)9-6-4-5-7-9/h8-9H,4-7H2,1-3H3,(H,18,20,21)(H2,15,16,17,19). The number of hydrogen-bond acceptors (Lipinski definition) is 8. The monoisotopic (exact) mass is 334 g/mol. The Morgan fingerprint density at radius 2 is 1.91 bits per heavy atom. The third-order valence-corrected chi connectivity index (χ3v) is 4.89. The number of nitrogens with two attached hydrogens (primary N) is 1. The summed E-state index contributed by atoms with van der Waals surface area (Å²) in [5.41, 5.74) is 5.78. The zero-order valence-electron chi connectivity index (χ0n) is 13.7. The Hall–Kier alpha value is -1.90. The van der Waals surface area contributed by atoms with E-state index in [1.807, 2.05) is 25.9 Å². The van der Waals surface area contributed by atoms with E-state index >= 15 is 0 Å². The lowest BCUT2D eigenvalue weighted by atomic mass is 10.1. The van der Waals surface area contributed by atoms with Gasteiger partial charge < -0.3 is 10.6 Å². The van der Waals surface area contributed by atoms with Crippen LogP contribution in [0.4, 0.5) is 11.9 Å². The summed E-state index contributed by atoms with van der Waals surface area (Å²) in [6.07, 6.45) is 4.96. The number of rotatable bonds is 5. The molecule has 0 saturated heterocycles. The van der Waals surface area contributed by atoms with Crippen molar-refractivity contribution in [1.29, 1.82) is 0 Å². The molecule has 1 fully saturated rings. The molecule has 2 aromatic rings. The first kappa shape index (κ1) is 16.0. The van der Waals surface area contributed by atoms with Crippen LogP contribution >= 0.6 is 11.8 Å². The second-order valence-electron chi connectivity index (χ2n) is 5.99. The molecular formula is C14H22N8S. The van der Waals surface area contributed by atoms with Gasteiger partial charge in [0.05, 0.1) is 5.25 Å². The number of aromatic nitrogens is 6. The van der Waals surface area contributed by atoms with Gasteiger partial charge in [0.1, 0.15) is 11.6 Å². The molecule has 23 heavy (non-hydrogen) atoms. The van der Waals surface area contributed by atoms with Gasteiger partial charge >= 0.3 is 0 Å². The Bertz CT molecular complexity index is 665. The topological polar surface area (TPSA) is 110 Å². The zero-order chi connectivity index (χ0) is 16.4. The van der Waals surface area contributed by atoms with Crippen molar-refractivity contribution in [3.63, 3.8) is 0 Å². The number of nitrogens with zero attached hydrogens (tertiary/aromatic N) is 6. The molecule has 0 amide bonds. The predicted molar refractivity (Wildman–Crippen MR) is 90.4 cm³/mol. The summed E-state index contributed by atoms with van der Waals surface area (Å²) in [4.78, 5) is 19.2. The molecule has 1 unspecified atom stereocenters. The van der Waals surface area contributed by atoms with Crippen molar-refractivity contribution in [2.75, 3.05) is 24.7 Å². The van der Waals surface area contributed by atoms with Gasteiger partial charge in [-0.05, 0) is 19.8 Å². The minimum absolute atomic E-state index is 0.00812. The van der Waals surface area contributed by atoms with E-state index in [2.05, 4.69) is 30.1 Å². The Balaban J connectivity index is 1.72. The van der Waals surface area contributed by atoms with Gasteiger partial charge in [-0.25, -0.2) is 4.98 Å². The van der Waals surface area contributed by atoms with Crippen molar-refractivity contribution in [3.05, 3.63) is 11.6 Å². The normalized spacial score (nSPS) is 16.7. The molecule has 3 rings (SSSR count). The number of hydrogen-bond donors (Lipinski definition) is 2. The fourth-order valence-corrected chi connectivity index (χ4v) is 3.46. The molecule has 124 valence electrons. The maximum absolute atomic E-state index is 5.78. The molecule has 0 bridgehead atoms. The Labute approximate surface area is 139 Å². The van der Waals surface area contributed by atoms with Crippen molar-refractivity contribution in [3.8, 4) is 0 Å². The number of thioether (sulfide) groups is 1. The third kappa shape index (κ3) is 3.72. The summed E-state index contributed by atoms with van der Waals surface area (Å²) in [6, 6.07) is 0. The maximum atomic E-state index is 5.78. The van der Waals surface area contributed by atoms with E-state index in [0.29, 0.717) is 17.7 Å². The van der Waals surface area contributed by atoms with E-state index in [9.17, 15) is 0 Å². The van der Waals surface area contributed by atoms with Crippen LogP contribution in [0.5, 0.6) is 0 Å². The molecule has 3 N–H and O–H groups in total. The highest BCUT2D eigenvalue weighted by atomic mass is 32.2. The minimum atomic E-state index is -0.00812. The highest BCUT2D eigenvalue weighted by Crippen LogP contribution is 2.35. The lowest BCUT2D eigenvalue weighted by molar-refractivity contribution is 0.671. The van der Waals surface area contributed by atoms with E-state index in [4.69, 9.17) is 5.73 Å². The average Bonchev–Trinajstić information content (AvgIpc) is 3.17. The molecule has 8 nitrogen and oxygen atoms in total. The number of aromatic amines is 1. The largest absolute Gasteiger partial charge is 0.368 e. The van der Waals surface area contributed by atoms with Crippen molar-refractivity contribution in [2.45, 2.75) is 48.9 Å². The van der Waals surface area contributed by atoms with E-state index < -0.39 is 0 Å². The molecule has 2 aromatic heterocycles. The summed E-state index contributed by atoms with van der Waals surface area (Å²) in [6.45, 7) is 2.02. The molecule has 9 heteroatoms. The summed E-state index contributed by atoms with van der Waals surface area (Å²) in [7, 11) is 3.75. The van der Waals surface area contributed by atoms with Gasteiger partial charge in [-0.3, -0.25) is 5.10 Å². The van der Waals surface area contributed by atoms with E-state index in [1.54, 1.807) is 0 Å². The fourth-order valence-electron chi connectivity index (χ4n) is 2.68. The van der Waals surface area contributed by atoms with E-state index in [-0.39, 0.29) is 11.2 Å². The van der Waals surface area contributed by atoms with Gasteiger partial charge in [0.15, 0.2) is 0 Å². The molecule has 0 aliphatic heterocycles. The maximum Gasteiger partial charge on any atom is 0.229 e. The van der Waals surface area contributed by atoms with Crippen molar-refractivity contribution in [1.82, 2.24) is 30.1 Å². The summed E-state index contributed by atoms with van der Waals surface area (Å²) in [5.74, 6) is 2.95. The second kappa shape index (κ2) is 6.69. The highest BCUT2D eigenvalue weighted by Gasteiger charge is 2.22. The van der Waals surface area contributed by atoms with Crippen LogP contribution in [0.25, 0.3) is 0 Å². The van der Waals surface area contributed by atoms with Gasteiger partial charge in [0, 0.05) is 20.0 Å². The van der Waals surface area contributed by atoms with Crippen LogP contribution in [0.3, 0.4) is 0 Å². The first-order valence-corrected chi connectivity index (χ1v) is 8.68. The molecular weight excluding hydrogens is 312 g/mol. The molecule has 0 radical (unpaired) electrons. The third-order valence-electron chi connectivity index (χ3n) is 3.93. The van der Waals surface area contributed by atoms with Crippen molar-refractivity contribution < 1.29 is 0 Å². The average molecular weight is 334 g/mol. The molecule has 0 spiro atoms. The molecule has 1 aliphatic rings. The second-order valence-corrected chi connectivity index (χ2v) is 7.30. The quantitative estimate of drug-likeness (QED) is 0.800. The molecule has 0 aromatic carbocycles. The molecule has 1 saturated carbocycles. The smallest absolute Gasteiger partial charge is 0.229 e. The first-order valence-electron chi connectivity index (χ1n) is 7.80. The van der Waals surface area contributed by atoms with E-state index in [1.165, 1.54) is 37.4 Å². The van der Waals surface area contributed by atoms with Gasteiger partial charge in [-0.2, -0.15) is 15.0 Å². The first-order chi connectivity index (χ1) is 11.0. The van der Waals surface area contributed by atoms with Gasteiger partial charge in [0.2, 0.25) is 17.1 Å². The van der Waals surface area contributed by atoms with E-state index in [0.717, 1.165) is 11.0 Å². The minimum Gasteiger partial charge on any atom is -0.368 e. The van der Waals surface area contributed by atoms with Gasteiger partial charge in [-0.15, -0.1) is 5.10 Å². The number of H-pyrrole nitrogens is 1. The summed E-state index contributed by atoms with van der Waals surface area (Å²) < 4.78 is 0. The van der Waals surface area contributed by atoms with Crippen molar-refractivity contribution in [2.24, 2.45) is 0 Å². The SMILES string of the molecule is CC(Sc1n[nH]c(C2CCCC2)n1)c1nc(N)nc(N(C)C)n1. The lowest BCUT2D eigenvalue weighted by Crippen LogP contribution is -2.16. The highest BCUT2D eigenvalue weighted by molar-refractivity contribution is 7.99. The fraction of sp³-hybridized carbons (Fsp3) is 0.643. The van der Waals surface area contributed by atoms with Gasteiger partial charge in [-0.1, -0.05) is 24.6 Å². The van der Waals surface area contributed by atoms with Crippen LogP contribution in [0.2, 0.25) is 0 Å². The molecule has 1 atom stereocenters.